The molecule has 0 aliphatic carbocycles. The standard InChI is InChI=1S/C28H31ClFNO6.C2H6/c1-16(2)23(15-37-25-9-4-5-10-36-25)31-14-20(28(33)34)27(32)19-12-18(24(35-3)13-22(19)31)11-17-7-6-8-21(29)26(17)30;1-2/h6-8,12-14,16,23,25H,4-5,9-11,15H2,1-3H3,(H,33,34);1-2H3. The first-order valence-corrected chi connectivity index (χ1v) is 13.7. The molecule has 2 atom stereocenters. The quantitative estimate of drug-likeness (QED) is 0.307. The molecular formula is C30H37ClFNO6. The second-order valence-corrected chi connectivity index (χ2v) is 10.0. The normalized spacial score (nSPS) is 16.1. The number of rotatable bonds is 9. The first kappa shape index (κ1) is 30.6. The van der Waals surface area contributed by atoms with E-state index < -0.39 is 17.2 Å². The average molecular weight is 562 g/mol. The molecule has 1 fully saturated rings. The molecule has 1 aromatic heterocycles. The van der Waals surface area contributed by atoms with Crippen molar-refractivity contribution < 1.29 is 28.5 Å². The van der Waals surface area contributed by atoms with Crippen molar-refractivity contribution >= 4 is 28.5 Å². The number of benzene rings is 2. The molecule has 2 unspecified atom stereocenters. The molecule has 7 nitrogen and oxygen atoms in total. The van der Waals surface area contributed by atoms with E-state index in [4.69, 9.17) is 25.8 Å². The molecule has 2 aromatic carbocycles. The summed E-state index contributed by atoms with van der Waals surface area (Å²) in [4.78, 5) is 25.3. The zero-order valence-corrected chi connectivity index (χ0v) is 23.9. The molecular weight excluding hydrogens is 525 g/mol. The number of aromatic nitrogens is 1. The lowest BCUT2D eigenvalue weighted by atomic mass is 9.98. The molecule has 9 heteroatoms. The van der Waals surface area contributed by atoms with Crippen LogP contribution in [-0.2, 0) is 15.9 Å². The number of fused-ring (bicyclic) bond motifs is 1. The van der Waals surface area contributed by atoms with Crippen LogP contribution >= 0.6 is 11.6 Å². The number of halogens is 2. The largest absolute Gasteiger partial charge is 0.496 e. The van der Waals surface area contributed by atoms with E-state index in [1.807, 2.05) is 27.7 Å². The number of hydrogen-bond acceptors (Lipinski definition) is 5. The van der Waals surface area contributed by atoms with E-state index in [0.717, 1.165) is 19.3 Å². The highest BCUT2D eigenvalue weighted by molar-refractivity contribution is 6.30. The van der Waals surface area contributed by atoms with Gasteiger partial charge in [0.15, 0.2) is 6.29 Å². The van der Waals surface area contributed by atoms with Crippen molar-refractivity contribution in [3.63, 3.8) is 0 Å². The smallest absolute Gasteiger partial charge is 0.341 e. The number of aromatic carboxylic acids is 1. The molecule has 39 heavy (non-hydrogen) atoms. The molecule has 1 aliphatic rings. The summed E-state index contributed by atoms with van der Waals surface area (Å²) < 4.78 is 33.8. The zero-order chi connectivity index (χ0) is 28.7. The Morgan fingerprint density at radius 2 is 1.97 bits per heavy atom. The maximum Gasteiger partial charge on any atom is 0.341 e. The van der Waals surface area contributed by atoms with Crippen molar-refractivity contribution in [2.45, 2.75) is 65.7 Å². The Bertz CT molecular complexity index is 1350. The highest BCUT2D eigenvalue weighted by Crippen LogP contribution is 2.32. The minimum atomic E-state index is -1.32. The highest BCUT2D eigenvalue weighted by Gasteiger charge is 2.25. The second kappa shape index (κ2) is 13.9. The summed E-state index contributed by atoms with van der Waals surface area (Å²) >= 11 is 5.96. The van der Waals surface area contributed by atoms with Gasteiger partial charge >= 0.3 is 5.97 Å². The number of methoxy groups -OCH3 is 1. The van der Waals surface area contributed by atoms with Crippen molar-refractivity contribution in [3.8, 4) is 5.75 Å². The van der Waals surface area contributed by atoms with Crippen molar-refractivity contribution in [2.75, 3.05) is 20.3 Å². The molecule has 212 valence electrons. The van der Waals surface area contributed by atoms with Gasteiger partial charge in [-0.2, -0.15) is 0 Å². The number of carboxylic acids is 1. The van der Waals surface area contributed by atoms with E-state index in [0.29, 0.717) is 29.0 Å². The van der Waals surface area contributed by atoms with Gasteiger partial charge in [0.25, 0.3) is 0 Å². The molecule has 1 N–H and O–H groups in total. The summed E-state index contributed by atoms with van der Waals surface area (Å²) in [7, 11) is 1.50. The maximum atomic E-state index is 14.6. The number of hydrogen-bond donors (Lipinski definition) is 1. The van der Waals surface area contributed by atoms with Gasteiger partial charge in [0.1, 0.15) is 17.1 Å². The minimum absolute atomic E-state index is 0.00510. The van der Waals surface area contributed by atoms with Gasteiger partial charge in [0.2, 0.25) is 5.43 Å². The summed E-state index contributed by atoms with van der Waals surface area (Å²) in [5.74, 6) is -1.38. The highest BCUT2D eigenvalue weighted by atomic mass is 35.5. The van der Waals surface area contributed by atoms with Crippen LogP contribution in [0, 0.1) is 11.7 Å². The van der Waals surface area contributed by atoms with Crippen LogP contribution in [0.3, 0.4) is 0 Å². The van der Waals surface area contributed by atoms with Gasteiger partial charge < -0.3 is 23.9 Å². The van der Waals surface area contributed by atoms with Gasteiger partial charge in [-0.15, -0.1) is 0 Å². The van der Waals surface area contributed by atoms with Gasteiger partial charge in [-0.05, 0) is 48.4 Å². The lowest BCUT2D eigenvalue weighted by molar-refractivity contribution is -0.169. The molecule has 0 amide bonds. The Morgan fingerprint density at radius 3 is 2.59 bits per heavy atom. The molecule has 0 saturated carbocycles. The molecule has 0 radical (unpaired) electrons. The Kier molecular flexibility index (Phi) is 10.9. The van der Waals surface area contributed by atoms with Crippen molar-refractivity contribution in [3.05, 3.63) is 74.3 Å². The number of ether oxygens (including phenoxy) is 3. The monoisotopic (exact) mass is 561 g/mol. The van der Waals surface area contributed by atoms with Gasteiger partial charge in [0, 0.05) is 30.7 Å². The van der Waals surface area contributed by atoms with E-state index in [1.165, 1.54) is 19.4 Å². The number of nitrogens with zero attached hydrogens (tertiary/aromatic N) is 1. The van der Waals surface area contributed by atoms with Gasteiger partial charge in [-0.3, -0.25) is 4.79 Å². The number of pyridine rings is 1. The van der Waals surface area contributed by atoms with Gasteiger partial charge in [-0.1, -0.05) is 51.4 Å². The summed E-state index contributed by atoms with van der Waals surface area (Å²) in [6.45, 7) is 8.94. The SMILES string of the molecule is CC.COc1cc2c(cc1Cc1cccc(Cl)c1F)c(=O)c(C(=O)O)cn2C(COC1CCCCO1)C(C)C. The van der Waals surface area contributed by atoms with Crippen LogP contribution < -0.4 is 10.2 Å². The predicted molar refractivity (Wildman–Crippen MR) is 151 cm³/mol. The predicted octanol–water partition coefficient (Wildman–Crippen LogP) is 6.86. The Morgan fingerprint density at radius 1 is 1.23 bits per heavy atom. The molecule has 0 bridgehead atoms. The van der Waals surface area contributed by atoms with Crippen LogP contribution in [0.25, 0.3) is 10.9 Å². The van der Waals surface area contributed by atoms with Gasteiger partial charge in [0.05, 0.1) is 30.3 Å². The van der Waals surface area contributed by atoms with Crippen molar-refractivity contribution in [1.29, 1.82) is 0 Å². The van der Waals surface area contributed by atoms with Crippen molar-refractivity contribution in [1.82, 2.24) is 4.57 Å². The fraction of sp³-hybridized carbons (Fsp3) is 0.467. The second-order valence-electron chi connectivity index (χ2n) is 9.60. The van der Waals surface area contributed by atoms with Crippen LogP contribution in [0.2, 0.25) is 5.02 Å². The Balaban J connectivity index is 0.00000205. The number of carboxylic acid groups (broad SMARTS) is 1. The maximum absolute atomic E-state index is 14.6. The van der Waals surface area contributed by atoms with E-state index in [1.54, 1.807) is 28.8 Å². The molecule has 4 rings (SSSR count). The third-order valence-electron chi connectivity index (χ3n) is 6.79. The fourth-order valence-corrected chi connectivity index (χ4v) is 4.90. The van der Waals surface area contributed by atoms with E-state index >= 15 is 0 Å². The van der Waals surface area contributed by atoms with Crippen LogP contribution in [0.1, 0.15) is 74.5 Å². The van der Waals surface area contributed by atoms with Crippen molar-refractivity contribution in [2.24, 2.45) is 5.92 Å². The summed E-state index contributed by atoms with van der Waals surface area (Å²) in [6.07, 6.45) is 3.99. The molecule has 1 saturated heterocycles. The van der Waals surface area contributed by atoms with Crippen LogP contribution in [0.4, 0.5) is 4.39 Å². The van der Waals surface area contributed by atoms with Crippen LogP contribution in [0.5, 0.6) is 5.75 Å². The third-order valence-corrected chi connectivity index (χ3v) is 7.09. The minimum Gasteiger partial charge on any atom is -0.496 e. The van der Waals surface area contributed by atoms with Gasteiger partial charge in [-0.25, -0.2) is 9.18 Å². The first-order valence-electron chi connectivity index (χ1n) is 13.4. The lowest BCUT2D eigenvalue weighted by Gasteiger charge is -2.30. The van der Waals surface area contributed by atoms with Crippen LogP contribution in [0.15, 0.2) is 41.3 Å². The lowest BCUT2D eigenvalue weighted by Crippen LogP contribution is -2.30. The zero-order valence-electron chi connectivity index (χ0n) is 23.1. The topological polar surface area (TPSA) is 87.0 Å². The molecule has 3 aromatic rings. The average Bonchev–Trinajstić information content (AvgIpc) is 2.93. The van der Waals surface area contributed by atoms with Crippen LogP contribution in [-0.4, -0.2) is 42.3 Å². The molecule has 1 aliphatic heterocycles. The molecule has 0 spiro atoms. The first-order chi connectivity index (χ1) is 18.7. The van der Waals surface area contributed by atoms with E-state index in [2.05, 4.69) is 0 Å². The summed E-state index contributed by atoms with van der Waals surface area (Å²) in [5.41, 5.74) is 0.413. The Hall–Kier alpha value is -2.94. The van der Waals surface area contributed by atoms with E-state index in [9.17, 15) is 19.1 Å². The summed E-state index contributed by atoms with van der Waals surface area (Å²) in [5, 5.41) is 10.0. The van der Waals surface area contributed by atoms with E-state index in [-0.39, 0.29) is 47.2 Å². The molecule has 2 heterocycles. The summed E-state index contributed by atoms with van der Waals surface area (Å²) in [6, 6.07) is 7.72. The fourth-order valence-electron chi connectivity index (χ4n) is 4.71. The third kappa shape index (κ3) is 6.99. The number of carbonyl (C=O) groups is 1. The Labute approximate surface area is 233 Å².